The Morgan fingerprint density at radius 2 is 0.625 bits per heavy atom. The summed E-state index contributed by atoms with van der Waals surface area (Å²) in [6.45, 7) is 7.50. The van der Waals surface area contributed by atoms with Crippen molar-refractivity contribution in [2.45, 2.75) is 226 Å². The molecule has 0 aromatic carbocycles. The highest BCUT2D eigenvalue weighted by atomic mass is 16.5. The first-order valence-corrected chi connectivity index (χ1v) is 18.9. The summed E-state index contributed by atoms with van der Waals surface area (Å²) in [5.41, 5.74) is 0. The number of rotatable bonds is 34. The Hall–Kier alpha value is -0.530. The van der Waals surface area contributed by atoms with Crippen LogP contribution in [0.4, 0.5) is 0 Å². The van der Waals surface area contributed by atoms with Gasteiger partial charge in [-0.25, -0.2) is 0 Å². The van der Waals surface area contributed by atoms with Crippen molar-refractivity contribution in [2.75, 3.05) is 6.61 Å². The van der Waals surface area contributed by atoms with E-state index >= 15 is 0 Å². The van der Waals surface area contributed by atoms with Crippen LogP contribution in [0.15, 0.2) is 0 Å². The molecule has 2 nitrogen and oxygen atoms in total. The Morgan fingerprint density at radius 3 is 0.925 bits per heavy atom. The van der Waals surface area contributed by atoms with Crippen LogP contribution in [0.5, 0.6) is 0 Å². The maximum atomic E-state index is 13.0. The van der Waals surface area contributed by atoms with Crippen LogP contribution < -0.4 is 0 Å². The van der Waals surface area contributed by atoms with E-state index in [9.17, 15) is 4.79 Å². The summed E-state index contributed by atoms with van der Waals surface area (Å²) in [5.74, 6) is 0.258. The lowest BCUT2D eigenvalue weighted by Crippen LogP contribution is -2.18. The van der Waals surface area contributed by atoms with E-state index in [1.807, 2.05) is 0 Å². The maximum absolute atomic E-state index is 13.0. The van der Waals surface area contributed by atoms with Gasteiger partial charge >= 0.3 is 5.97 Å². The minimum Gasteiger partial charge on any atom is -0.465 e. The highest BCUT2D eigenvalue weighted by Gasteiger charge is 2.19. The molecule has 0 saturated carbocycles. The molecule has 0 aliphatic carbocycles. The molecular weight excluding hydrogens is 488 g/mol. The Labute approximate surface area is 254 Å². The van der Waals surface area contributed by atoms with Gasteiger partial charge in [0.05, 0.1) is 12.5 Å². The van der Waals surface area contributed by atoms with Gasteiger partial charge in [0, 0.05) is 0 Å². The molecule has 0 fully saturated rings. The fourth-order valence-electron chi connectivity index (χ4n) is 6.02. The van der Waals surface area contributed by atoms with Crippen molar-refractivity contribution in [1.29, 1.82) is 0 Å². The molecule has 0 aliphatic heterocycles. The van der Waals surface area contributed by atoms with E-state index in [1.165, 1.54) is 186 Å². The van der Waals surface area contributed by atoms with Gasteiger partial charge in [0.25, 0.3) is 0 Å². The van der Waals surface area contributed by atoms with Gasteiger partial charge in [-0.2, -0.15) is 0 Å². The van der Waals surface area contributed by atoms with E-state index in [1.54, 1.807) is 0 Å². The number of ether oxygens (including phenoxy) is 1. The van der Waals surface area contributed by atoms with Crippen LogP contribution >= 0.6 is 0 Å². The van der Waals surface area contributed by atoms with Crippen molar-refractivity contribution < 1.29 is 9.53 Å². The number of esters is 1. The average Bonchev–Trinajstić information content (AvgIpc) is 2.96. The Kier molecular flexibility index (Phi) is 34.2. The standard InChI is InChI=1S/C38H76O2/c1-4-7-10-13-16-19-20-21-23-26-29-32-35-37(34-31-28-25-22-17-14-11-8-5-2)38(39)40-36-33-30-27-24-18-15-12-9-6-3/h37H,4-36H2,1-3H3. The van der Waals surface area contributed by atoms with Crippen molar-refractivity contribution in [3.63, 3.8) is 0 Å². The average molecular weight is 565 g/mol. The number of unbranched alkanes of at least 4 members (excludes halogenated alkanes) is 27. The summed E-state index contributed by atoms with van der Waals surface area (Å²) in [6, 6.07) is 0. The lowest BCUT2D eigenvalue weighted by Gasteiger charge is -2.16. The van der Waals surface area contributed by atoms with Crippen LogP contribution in [0.25, 0.3) is 0 Å². The van der Waals surface area contributed by atoms with E-state index in [2.05, 4.69) is 20.8 Å². The Balaban J connectivity index is 4.04. The third-order valence-corrected chi connectivity index (χ3v) is 8.89. The van der Waals surface area contributed by atoms with Gasteiger partial charge in [-0.1, -0.05) is 207 Å². The smallest absolute Gasteiger partial charge is 0.308 e. The SMILES string of the molecule is CCCCCCCCCCCCCCC(CCCCCCCCCCC)C(=O)OCCCCCCCCCCC. The summed E-state index contributed by atoms with van der Waals surface area (Å²) >= 11 is 0. The fourth-order valence-corrected chi connectivity index (χ4v) is 6.02. The molecule has 0 rings (SSSR count). The second-order valence-electron chi connectivity index (χ2n) is 13.0. The molecule has 0 aromatic rings. The zero-order chi connectivity index (χ0) is 29.2. The van der Waals surface area contributed by atoms with E-state index < -0.39 is 0 Å². The molecule has 0 amide bonds. The molecule has 0 aliphatic rings. The predicted molar refractivity (Wildman–Crippen MR) is 179 cm³/mol. The summed E-state index contributed by atoms with van der Waals surface area (Å²) in [5, 5.41) is 0. The topological polar surface area (TPSA) is 26.3 Å². The van der Waals surface area contributed by atoms with Gasteiger partial charge in [-0.05, 0) is 19.3 Å². The van der Waals surface area contributed by atoms with Gasteiger partial charge in [0.1, 0.15) is 0 Å². The van der Waals surface area contributed by atoms with Gasteiger partial charge in [-0.15, -0.1) is 0 Å². The first-order valence-electron chi connectivity index (χ1n) is 18.9. The first kappa shape index (κ1) is 39.5. The second-order valence-corrected chi connectivity index (χ2v) is 13.0. The van der Waals surface area contributed by atoms with Crippen molar-refractivity contribution in [3.05, 3.63) is 0 Å². The van der Waals surface area contributed by atoms with Gasteiger partial charge in [-0.3, -0.25) is 4.79 Å². The highest BCUT2D eigenvalue weighted by Crippen LogP contribution is 2.22. The molecule has 2 heteroatoms. The largest absolute Gasteiger partial charge is 0.465 e. The van der Waals surface area contributed by atoms with E-state index in [-0.39, 0.29) is 11.9 Å². The van der Waals surface area contributed by atoms with Crippen molar-refractivity contribution in [1.82, 2.24) is 0 Å². The quantitative estimate of drug-likeness (QED) is 0.0574. The lowest BCUT2D eigenvalue weighted by atomic mass is 9.94. The third kappa shape index (κ3) is 30.4. The Morgan fingerprint density at radius 1 is 0.375 bits per heavy atom. The first-order chi connectivity index (χ1) is 19.8. The number of carbonyl (C=O) groups excluding carboxylic acids is 1. The molecule has 40 heavy (non-hydrogen) atoms. The molecule has 0 saturated heterocycles. The summed E-state index contributed by atoms with van der Waals surface area (Å²) < 4.78 is 5.82. The van der Waals surface area contributed by atoms with Crippen molar-refractivity contribution in [2.24, 2.45) is 5.92 Å². The molecule has 0 radical (unpaired) electrons. The minimum absolute atomic E-state index is 0.113. The fraction of sp³-hybridized carbons (Fsp3) is 0.974. The lowest BCUT2D eigenvalue weighted by molar-refractivity contribution is -0.149. The van der Waals surface area contributed by atoms with Crippen LogP contribution in [-0.2, 0) is 9.53 Å². The number of hydrogen-bond donors (Lipinski definition) is 0. The normalized spacial score (nSPS) is 12.2. The van der Waals surface area contributed by atoms with Crippen LogP contribution in [0.2, 0.25) is 0 Å². The molecule has 0 aromatic heterocycles. The van der Waals surface area contributed by atoms with Crippen LogP contribution in [0, 0.1) is 5.92 Å². The predicted octanol–water partition coefficient (Wildman–Crippen LogP) is 13.7. The zero-order valence-corrected chi connectivity index (χ0v) is 28.2. The van der Waals surface area contributed by atoms with Crippen LogP contribution in [0.1, 0.15) is 226 Å². The molecular formula is C38H76O2. The van der Waals surface area contributed by atoms with Gasteiger partial charge in [0.2, 0.25) is 0 Å². The van der Waals surface area contributed by atoms with Crippen LogP contribution in [-0.4, -0.2) is 12.6 Å². The summed E-state index contributed by atoms with van der Waals surface area (Å²) in [6.07, 6.45) is 42.5. The molecule has 0 N–H and O–H groups in total. The molecule has 0 spiro atoms. The van der Waals surface area contributed by atoms with Gasteiger partial charge < -0.3 is 4.74 Å². The maximum Gasteiger partial charge on any atom is 0.308 e. The third-order valence-electron chi connectivity index (χ3n) is 8.89. The highest BCUT2D eigenvalue weighted by molar-refractivity contribution is 5.72. The minimum atomic E-state index is 0.113. The number of hydrogen-bond acceptors (Lipinski definition) is 2. The van der Waals surface area contributed by atoms with Crippen LogP contribution in [0.3, 0.4) is 0 Å². The molecule has 240 valence electrons. The van der Waals surface area contributed by atoms with Gasteiger partial charge in [0.15, 0.2) is 0 Å². The molecule has 0 bridgehead atoms. The Bertz CT molecular complexity index is 474. The van der Waals surface area contributed by atoms with Crippen molar-refractivity contribution >= 4 is 5.97 Å². The molecule has 0 heterocycles. The monoisotopic (exact) mass is 565 g/mol. The zero-order valence-electron chi connectivity index (χ0n) is 28.2. The van der Waals surface area contributed by atoms with E-state index in [4.69, 9.17) is 4.74 Å². The molecule has 1 atom stereocenters. The van der Waals surface area contributed by atoms with E-state index in [0.717, 1.165) is 19.3 Å². The summed E-state index contributed by atoms with van der Waals surface area (Å²) in [4.78, 5) is 13.0. The summed E-state index contributed by atoms with van der Waals surface area (Å²) in [7, 11) is 0. The van der Waals surface area contributed by atoms with E-state index in [0.29, 0.717) is 6.61 Å². The number of carbonyl (C=O) groups is 1. The van der Waals surface area contributed by atoms with Crippen molar-refractivity contribution in [3.8, 4) is 0 Å². The molecule has 1 unspecified atom stereocenters. The second kappa shape index (κ2) is 34.7.